The zero-order valence-electron chi connectivity index (χ0n) is 18.2. The second-order valence-corrected chi connectivity index (χ2v) is 10.9. The maximum Gasteiger partial charge on any atom is 0.193 e. The van der Waals surface area contributed by atoms with Crippen molar-refractivity contribution in [3.63, 3.8) is 0 Å². The van der Waals surface area contributed by atoms with Crippen LogP contribution >= 0.6 is 0 Å². The summed E-state index contributed by atoms with van der Waals surface area (Å²) in [6, 6.07) is 0. The van der Waals surface area contributed by atoms with E-state index in [1.807, 2.05) is 6.92 Å². The molecule has 3 saturated carbocycles. The number of allylic oxidation sites excluding steroid dienone is 1. The number of aliphatic hydroxyl groups is 4. The molecule has 1 unspecified atom stereocenters. The van der Waals surface area contributed by atoms with Crippen molar-refractivity contribution in [3.8, 4) is 0 Å². The Bertz CT molecular complexity index is 894. The van der Waals surface area contributed by atoms with Crippen molar-refractivity contribution in [1.82, 2.24) is 0 Å². The fourth-order valence-electron chi connectivity index (χ4n) is 7.75. The first kappa shape index (κ1) is 20.6. The van der Waals surface area contributed by atoms with Gasteiger partial charge >= 0.3 is 0 Å². The van der Waals surface area contributed by atoms with Gasteiger partial charge in [-0.25, -0.2) is 0 Å². The highest BCUT2D eigenvalue weighted by atomic mass is 16.6. The number of Topliss-reactive ketones (excluding diaryl/α,β-unsaturated/α-hetero) is 1. The van der Waals surface area contributed by atoms with E-state index in [9.17, 15) is 25.2 Å². The zero-order valence-corrected chi connectivity index (χ0v) is 18.2. The van der Waals surface area contributed by atoms with Crippen molar-refractivity contribution in [2.24, 2.45) is 29.1 Å². The third kappa shape index (κ3) is 1.86. The Kier molecular flexibility index (Phi) is 3.70. The van der Waals surface area contributed by atoms with E-state index in [4.69, 9.17) is 9.47 Å². The molecule has 0 radical (unpaired) electrons. The summed E-state index contributed by atoms with van der Waals surface area (Å²) < 4.78 is 12.2. The van der Waals surface area contributed by atoms with Crippen LogP contribution in [0.15, 0.2) is 24.0 Å². The number of fused-ring (bicyclic) bond motifs is 7. The van der Waals surface area contributed by atoms with E-state index >= 15 is 0 Å². The number of rotatable bonds is 3. The molecule has 4 aliphatic carbocycles. The Labute approximate surface area is 176 Å². The van der Waals surface area contributed by atoms with Crippen LogP contribution in [0.4, 0.5) is 0 Å². The molecule has 1 saturated heterocycles. The number of carbonyl (C=O) groups is 1. The Morgan fingerprint density at radius 1 is 1.37 bits per heavy atom. The molecule has 7 heteroatoms. The number of carbonyl (C=O) groups excluding carboxylic acids is 1. The summed E-state index contributed by atoms with van der Waals surface area (Å²) in [5.41, 5.74) is -5.82. The quantitative estimate of drug-likeness (QED) is 0.392. The van der Waals surface area contributed by atoms with Gasteiger partial charge in [-0.1, -0.05) is 33.4 Å². The van der Waals surface area contributed by atoms with E-state index in [2.05, 4.69) is 20.4 Å². The molecule has 7 nitrogen and oxygen atoms in total. The van der Waals surface area contributed by atoms with Crippen molar-refractivity contribution >= 4 is 5.78 Å². The average molecular weight is 421 g/mol. The number of hydrogen-bond donors (Lipinski definition) is 4. The van der Waals surface area contributed by atoms with Crippen molar-refractivity contribution < 1.29 is 34.7 Å². The molecule has 5 rings (SSSR count). The lowest BCUT2D eigenvalue weighted by atomic mass is 9.59. The van der Waals surface area contributed by atoms with E-state index in [0.29, 0.717) is 17.8 Å². The monoisotopic (exact) mass is 420 g/mol. The molecule has 5 aliphatic rings. The average Bonchev–Trinajstić information content (AvgIpc) is 3.47. The fourth-order valence-corrected chi connectivity index (χ4v) is 7.75. The van der Waals surface area contributed by atoms with Gasteiger partial charge in [0.2, 0.25) is 0 Å². The first-order valence-electron chi connectivity index (χ1n) is 10.8. The van der Waals surface area contributed by atoms with Gasteiger partial charge in [0.15, 0.2) is 11.4 Å². The molecular formula is C23H32O7. The lowest BCUT2D eigenvalue weighted by Gasteiger charge is -2.51. The third-order valence-corrected chi connectivity index (χ3v) is 9.27. The van der Waals surface area contributed by atoms with Crippen molar-refractivity contribution in [2.75, 3.05) is 6.61 Å². The molecule has 0 bridgehead atoms. The highest BCUT2D eigenvalue weighted by molar-refractivity contribution is 6.05. The molecule has 4 fully saturated rings. The summed E-state index contributed by atoms with van der Waals surface area (Å²) in [7, 11) is 0. The minimum absolute atomic E-state index is 0.153. The SMILES string of the molecule is C=C(C)O[C@@]12C[C@@H](C)[C@]3(O)[C@@H]4C=C(C)C(=O)[C@@]4(O)[C@H](O)[C@@]4(CO)OC4[C@H]3[C@@H]1C2(C)C. The number of epoxide rings is 1. The lowest BCUT2D eigenvalue weighted by molar-refractivity contribution is -0.212. The van der Waals surface area contributed by atoms with Crippen LogP contribution in [0.1, 0.15) is 41.0 Å². The van der Waals surface area contributed by atoms with Gasteiger partial charge in [-0.05, 0) is 31.8 Å². The normalized spacial score (nSPS) is 57.2. The van der Waals surface area contributed by atoms with E-state index in [1.165, 1.54) is 0 Å². The maximum absolute atomic E-state index is 13.0. The molecule has 0 aromatic rings. The van der Waals surface area contributed by atoms with Crippen LogP contribution < -0.4 is 0 Å². The van der Waals surface area contributed by atoms with Crippen molar-refractivity contribution in [2.45, 2.75) is 75.7 Å². The van der Waals surface area contributed by atoms with Crippen LogP contribution in [0.3, 0.4) is 0 Å². The molecule has 0 aromatic heterocycles. The minimum Gasteiger partial charge on any atom is -0.492 e. The molecule has 30 heavy (non-hydrogen) atoms. The first-order chi connectivity index (χ1) is 13.8. The highest BCUT2D eigenvalue weighted by Gasteiger charge is 2.90. The van der Waals surface area contributed by atoms with Gasteiger partial charge in [-0.2, -0.15) is 0 Å². The predicted molar refractivity (Wildman–Crippen MR) is 106 cm³/mol. The third-order valence-electron chi connectivity index (χ3n) is 9.27. The van der Waals surface area contributed by atoms with Gasteiger partial charge in [-0.3, -0.25) is 4.79 Å². The summed E-state index contributed by atoms with van der Waals surface area (Å²) in [5.74, 6) is -2.07. The summed E-state index contributed by atoms with van der Waals surface area (Å²) in [6.45, 7) is 12.8. The Hall–Kier alpha value is -1.25. The van der Waals surface area contributed by atoms with E-state index in [-0.39, 0.29) is 17.3 Å². The van der Waals surface area contributed by atoms with E-state index in [0.717, 1.165) is 0 Å². The number of ether oxygens (including phenoxy) is 2. The van der Waals surface area contributed by atoms with Crippen LogP contribution in [0, 0.1) is 29.1 Å². The van der Waals surface area contributed by atoms with Crippen LogP contribution in [0.2, 0.25) is 0 Å². The summed E-state index contributed by atoms with van der Waals surface area (Å²) >= 11 is 0. The first-order valence-corrected chi connectivity index (χ1v) is 10.8. The molecule has 0 amide bonds. The molecule has 1 heterocycles. The van der Waals surface area contributed by atoms with E-state index < -0.39 is 58.8 Å². The summed E-state index contributed by atoms with van der Waals surface area (Å²) in [4.78, 5) is 13.0. The van der Waals surface area contributed by atoms with Gasteiger partial charge < -0.3 is 29.9 Å². The molecule has 166 valence electrons. The lowest BCUT2D eigenvalue weighted by Crippen LogP contribution is -2.65. The van der Waals surface area contributed by atoms with Gasteiger partial charge in [0.25, 0.3) is 0 Å². The van der Waals surface area contributed by atoms with Gasteiger partial charge in [0, 0.05) is 23.2 Å². The largest absolute Gasteiger partial charge is 0.492 e. The topological polar surface area (TPSA) is 120 Å². The number of hydrogen-bond acceptors (Lipinski definition) is 7. The van der Waals surface area contributed by atoms with E-state index in [1.54, 1.807) is 19.9 Å². The van der Waals surface area contributed by atoms with Crippen molar-refractivity contribution in [3.05, 3.63) is 24.0 Å². The molecule has 4 N–H and O–H groups in total. The van der Waals surface area contributed by atoms with Crippen LogP contribution in [-0.2, 0) is 14.3 Å². The Balaban J connectivity index is 1.73. The minimum atomic E-state index is -2.24. The smallest absolute Gasteiger partial charge is 0.193 e. The zero-order chi connectivity index (χ0) is 22.2. The second kappa shape index (κ2) is 5.38. The standard InChI is InChI=1S/C23H32O7/c1-10(2)29-21-8-12(4)22(27)13-7-11(3)16(25)23(13,28)18(26)20(9-24)17(30-20)14(22)15(21)19(21,5)6/h7,12-15,17-18,24,26-28H,1,8-9H2,2-6H3/t12-,13+,14-,15-,17?,18-,20+,21+,22+,23-/m1/s1. The second-order valence-electron chi connectivity index (χ2n) is 10.9. The van der Waals surface area contributed by atoms with Gasteiger partial charge in [0.05, 0.1) is 24.1 Å². The van der Waals surface area contributed by atoms with Gasteiger partial charge in [0.1, 0.15) is 17.3 Å². The van der Waals surface area contributed by atoms with Crippen molar-refractivity contribution in [1.29, 1.82) is 0 Å². The molecular weight excluding hydrogens is 388 g/mol. The fraction of sp³-hybridized carbons (Fsp3) is 0.783. The number of aliphatic hydroxyl groups excluding tert-OH is 2. The Morgan fingerprint density at radius 2 is 2.00 bits per heavy atom. The number of ketones is 1. The van der Waals surface area contributed by atoms with Crippen LogP contribution in [-0.4, -0.2) is 67.4 Å². The molecule has 0 spiro atoms. The molecule has 10 atom stereocenters. The summed E-state index contributed by atoms with van der Waals surface area (Å²) in [5, 5.41) is 45.3. The molecule has 0 aromatic carbocycles. The Morgan fingerprint density at radius 3 is 2.57 bits per heavy atom. The molecule has 1 aliphatic heterocycles. The predicted octanol–water partition coefficient (Wildman–Crippen LogP) is 0.699. The summed E-state index contributed by atoms with van der Waals surface area (Å²) in [6.07, 6.45) is -0.215. The van der Waals surface area contributed by atoms with Gasteiger partial charge in [-0.15, -0.1) is 0 Å². The van der Waals surface area contributed by atoms with Crippen LogP contribution in [0.5, 0.6) is 0 Å². The highest BCUT2D eigenvalue weighted by Crippen LogP contribution is 2.79. The maximum atomic E-state index is 13.0. The van der Waals surface area contributed by atoms with Crippen LogP contribution in [0.25, 0.3) is 0 Å².